The average molecular weight is 448 g/mol. The lowest BCUT2D eigenvalue weighted by Gasteiger charge is -2.33. The highest BCUT2D eigenvalue weighted by Gasteiger charge is 2.39. The summed E-state index contributed by atoms with van der Waals surface area (Å²) in [5.41, 5.74) is 0. The summed E-state index contributed by atoms with van der Waals surface area (Å²) in [7, 11) is 0. The Balaban J connectivity index is 1.31. The van der Waals surface area contributed by atoms with Crippen molar-refractivity contribution < 1.29 is 14.3 Å². The summed E-state index contributed by atoms with van der Waals surface area (Å²) >= 11 is 1.58. The number of aromatic nitrogens is 1. The van der Waals surface area contributed by atoms with Crippen molar-refractivity contribution in [2.45, 2.75) is 102 Å². The summed E-state index contributed by atoms with van der Waals surface area (Å²) in [6.07, 6.45) is 11.6. The first kappa shape index (κ1) is 22.6. The number of carbonyl (C=O) groups is 2. The molecule has 1 aromatic rings. The van der Waals surface area contributed by atoms with Gasteiger partial charge in [-0.2, -0.15) is 0 Å². The zero-order valence-electron chi connectivity index (χ0n) is 19.1. The second-order valence-electron chi connectivity index (χ2n) is 9.44. The van der Waals surface area contributed by atoms with Crippen molar-refractivity contribution in [3.05, 3.63) is 10.4 Å². The minimum atomic E-state index is -0.211. The molecule has 3 fully saturated rings. The van der Waals surface area contributed by atoms with E-state index in [0.717, 1.165) is 69.5 Å². The van der Waals surface area contributed by atoms with Crippen LogP contribution >= 0.6 is 11.3 Å². The van der Waals surface area contributed by atoms with Gasteiger partial charge in [0, 0.05) is 37.0 Å². The fraction of sp³-hybridized carbons (Fsp3) is 0.792. The van der Waals surface area contributed by atoms with Gasteiger partial charge < -0.3 is 14.5 Å². The van der Waals surface area contributed by atoms with Crippen molar-refractivity contribution in [3.63, 3.8) is 0 Å². The third kappa shape index (κ3) is 5.41. The third-order valence-electron chi connectivity index (χ3n) is 7.30. The van der Waals surface area contributed by atoms with Gasteiger partial charge in [-0.05, 0) is 51.4 Å². The maximum atomic E-state index is 12.9. The third-order valence-corrected chi connectivity index (χ3v) is 8.29. The Morgan fingerprint density at radius 2 is 1.71 bits per heavy atom. The fourth-order valence-corrected chi connectivity index (χ4v) is 6.09. The lowest BCUT2D eigenvalue weighted by Crippen LogP contribution is -2.44. The number of ether oxygens (including phenoxy) is 1. The topological polar surface area (TPSA) is 62.7 Å². The molecule has 1 aromatic heterocycles. The molecule has 172 valence electrons. The number of hydrogen-bond acceptors (Lipinski definition) is 5. The van der Waals surface area contributed by atoms with Gasteiger partial charge in [0.2, 0.25) is 11.8 Å². The summed E-state index contributed by atoms with van der Waals surface area (Å²) < 4.78 is 5.74. The zero-order valence-corrected chi connectivity index (χ0v) is 19.9. The first-order valence-electron chi connectivity index (χ1n) is 12.3. The number of rotatable bonds is 7. The van der Waals surface area contributed by atoms with Gasteiger partial charge in [0.1, 0.15) is 0 Å². The SMILES string of the molecule is CCC(CC)C(=O)N1CCC(c2nc(OC(=O)N(C3CCCCC3)C3CC3)cs2)CC1. The maximum Gasteiger partial charge on any atom is 0.417 e. The van der Waals surface area contributed by atoms with Crippen LogP contribution in [0, 0.1) is 5.92 Å². The molecular formula is C24H37N3O3S. The number of likely N-dealkylation sites (tertiary alicyclic amines) is 1. The number of nitrogens with zero attached hydrogens (tertiary/aromatic N) is 3. The monoisotopic (exact) mass is 447 g/mol. The standard InChI is InChI=1S/C24H37N3O3S/c1-3-17(4-2)23(28)26-14-12-18(13-15-26)22-25-21(16-31-22)30-24(29)27(20-10-11-20)19-8-6-5-7-9-19/h16-20H,3-15H2,1-2H3. The molecule has 7 heteroatoms. The van der Waals surface area contributed by atoms with Crippen LogP contribution < -0.4 is 4.74 Å². The van der Waals surface area contributed by atoms with Crippen LogP contribution in [0.25, 0.3) is 0 Å². The highest BCUT2D eigenvalue weighted by molar-refractivity contribution is 7.09. The molecule has 1 saturated heterocycles. The molecule has 1 aliphatic heterocycles. The molecule has 0 N–H and O–H groups in total. The number of thiazole rings is 1. The maximum absolute atomic E-state index is 12.9. The molecule has 0 aromatic carbocycles. The van der Waals surface area contributed by atoms with Gasteiger partial charge in [-0.15, -0.1) is 11.3 Å². The van der Waals surface area contributed by atoms with Gasteiger partial charge in [-0.3, -0.25) is 4.79 Å². The summed E-state index contributed by atoms with van der Waals surface area (Å²) in [5.74, 6) is 1.25. The molecular weight excluding hydrogens is 410 g/mol. The Labute approximate surface area is 190 Å². The van der Waals surface area contributed by atoms with Crippen molar-refractivity contribution in [3.8, 4) is 5.88 Å². The van der Waals surface area contributed by atoms with Crippen molar-refractivity contribution in [2.24, 2.45) is 5.92 Å². The van der Waals surface area contributed by atoms with Gasteiger partial charge in [0.25, 0.3) is 0 Å². The summed E-state index contributed by atoms with van der Waals surface area (Å²) in [6.45, 7) is 5.78. The van der Waals surface area contributed by atoms with E-state index in [1.807, 2.05) is 15.2 Å². The van der Waals surface area contributed by atoms with Gasteiger partial charge in [-0.1, -0.05) is 33.1 Å². The van der Waals surface area contributed by atoms with Crippen molar-refractivity contribution in [1.82, 2.24) is 14.8 Å². The second-order valence-corrected chi connectivity index (χ2v) is 10.3. The van der Waals surface area contributed by atoms with Crippen LogP contribution in [0.1, 0.15) is 95.4 Å². The van der Waals surface area contributed by atoms with E-state index in [9.17, 15) is 9.59 Å². The van der Waals surface area contributed by atoms with Crippen LogP contribution in [-0.2, 0) is 4.79 Å². The van der Waals surface area contributed by atoms with Gasteiger partial charge >= 0.3 is 6.09 Å². The molecule has 2 saturated carbocycles. The van der Waals surface area contributed by atoms with E-state index in [-0.39, 0.29) is 12.0 Å². The molecule has 2 amide bonds. The van der Waals surface area contributed by atoms with E-state index in [0.29, 0.717) is 29.8 Å². The molecule has 0 atom stereocenters. The van der Waals surface area contributed by atoms with Gasteiger partial charge in [-0.25, -0.2) is 9.78 Å². The Kier molecular flexibility index (Phi) is 7.51. The largest absolute Gasteiger partial charge is 0.417 e. The number of hydrogen-bond donors (Lipinski definition) is 0. The minimum Gasteiger partial charge on any atom is -0.390 e. The lowest BCUT2D eigenvalue weighted by molar-refractivity contribution is -0.136. The predicted octanol–water partition coefficient (Wildman–Crippen LogP) is 5.58. The van der Waals surface area contributed by atoms with Crippen LogP contribution in [0.4, 0.5) is 4.79 Å². The first-order chi connectivity index (χ1) is 15.1. The van der Waals surface area contributed by atoms with E-state index in [4.69, 9.17) is 4.74 Å². The Morgan fingerprint density at radius 1 is 1.06 bits per heavy atom. The minimum absolute atomic E-state index is 0.154. The normalized spacial score (nSPS) is 20.8. The van der Waals surface area contributed by atoms with E-state index >= 15 is 0 Å². The van der Waals surface area contributed by atoms with E-state index in [1.165, 1.54) is 19.3 Å². The van der Waals surface area contributed by atoms with Crippen molar-refractivity contribution in [2.75, 3.05) is 13.1 Å². The summed E-state index contributed by atoms with van der Waals surface area (Å²) in [5, 5.41) is 2.91. The molecule has 6 nitrogen and oxygen atoms in total. The van der Waals surface area contributed by atoms with Crippen LogP contribution in [0.2, 0.25) is 0 Å². The van der Waals surface area contributed by atoms with Crippen molar-refractivity contribution in [1.29, 1.82) is 0 Å². The zero-order chi connectivity index (χ0) is 21.8. The smallest absolute Gasteiger partial charge is 0.390 e. The van der Waals surface area contributed by atoms with Crippen LogP contribution in [0.3, 0.4) is 0 Å². The summed E-state index contributed by atoms with van der Waals surface area (Å²) in [6, 6.07) is 0.703. The quantitative estimate of drug-likeness (QED) is 0.547. The van der Waals surface area contributed by atoms with Crippen molar-refractivity contribution >= 4 is 23.3 Å². The molecule has 0 radical (unpaired) electrons. The molecule has 0 spiro atoms. The molecule has 3 aliphatic rings. The van der Waals surface area contributed by atoms with Crippen LogP contribution in [0.5, 0.6) is 5.88 Å². The van der Waals surface area contributed by atoms with E-state index in [1.54, 1.807) is 11.3 Å². The van der Waals surface area contributed by atoms with E-state index in [2.05, 4.69) is 18.8 Å². The molecule has 0 unspecified atom stereocenters. The van der Waals surface area contributed by atoms with E-state index < -0.39 is 0 Å². The number of piperidine rings is 1. The number of amides is 2. The molecule has 31 heavy (non-hydrogen) atoms. The fourth-order valence-electron chi connectivity index (χ4n) is 5.20. The Morgan fingerprint density at radius 3 is 2.32 bits per heavy atom. The van der Waals surface area contributed by atoms with Gasteiger partial charge in [0.05, 0.1) is 10.4 Å². The molecule has 0 bridgehead atoms. The Hall–Kier alpha value is -1.63. The highest BCUT2D eigenvalue weighted by atomic mass is 32.1. The highest BCUT2D eigenvalue weighted by Crippen LogP contribution is 2.36. The predicted molar refractivity (Wildman–Crippen MR) is 122 cm³/mol. The summed E-state index contributed by atoms with van der Waals surface area (Å²) in [4.78, 5) is 34.3. The second kappa shape index (κ2) is 10.3. The number of carbonyl (C=O) groups excluding carboxylic acids is 2. The van der Waals surface area contributed by atoms with Crippen LogP contribution in [0.15, 0.2) is 5.38 Å². The van der Waals surface area contributed by atoms with Gasteiger partial charge in [0.15, 0.2) is 0 Å². The molecule has 2 aliphatic carbocycles. The molecule has 2 heterocycles. The average Bonchev–Trinajstić information content (AvgIpc) is 3.52. The molecule has 4 rings (SSSR count). The first-order valence-corrected chi connectivity index (χ1v) is 13.2. The lowest BCUT2D eigenvalue weighted by atomic mass is 9.94. The van der Waals surface area contributed by atoms with Crippen LogP contribution in [-0.4, -0.2) is 52.0 Å². The Bertz CT molecular complexity index is 745.